The van der Waals surface area contributed by atoms with Crippen LogP contribution in [-0.2, 0) is 0 Å². The van der Waals surface area contributed by atoms with Crippen molar-refractivity contribution in [3.05, 3.63) is 41.2 Å². The first-order chi connectivity index (χ1) is 9.97. The van der Waals surface area contributed by atoms with E-state index >= 15 is 0 Å². The molecule has 108 valence electrons. The van der Waals surface area contributed by atoms with E-state index < -0.39 is 5.82 Å². The summed E-state index contributed by atoms with van der Waals surface area (Å²) in [6.07, 6.45) is 4.48. The molecule has 21 heavy (non-hydrogen) atoms. The van der Waals surface area contributed by atoms with Crippen molar-refractivity contribution in [2.45, 2.75) is 19.8 Å². The van der Waals surface area contributed by atoms with Gasteiger partial charge in [0.05, 0.1) is 16.9 Å². The third kappa shape index (κ3) is 2.49. The Morgan fingerprint density at radius 2 is 2.05 bits per heavy atom. The highest BCUT2D eigenvalue weighted by molar-refractivity contribution is 7.78. The van der Waals surface area contributed by atoms with E-state index in [2.05, 4.69) is 27.8 Å². The number of hydrogen-bond acceptors (Lipinski definition) is 4. The number of halogens is 2. The second-order valence-electron chi connectivity index (χ2n) is 4.99. The van der Waals surface area contributed by atoms with Crippen LogP contribution in [0.15, 0.2) is 24.7 Å². The average Bonchev–Trinajstić information content (AvgIpc) is 2.76. The van der Waals surface area contributed by atoms with Gasteiger partial charge in [0.1, 0.15) is 0 Å². The molecule has 3 heterocycles. The molecule has 7 heteroatoms. The van der Waals surface area contributed by atoms with Gasteiger partial charge in [-0.05, 0) is 12.0 Å². The zero-order valence-corrected chi connectivity index (χ0v) is 13.0. The largest absolute Gasteiger partial charge is 0.277 e. The molecule has 0 saturated heterocycles. The lowest BCUT2D eigenvalue weighted by Gasteiger charge is -2.07. The monoisotopic (exact) mass is 322 g/mol. The van der Waals surface area contributed by atoms with E-state index in [0.717, 1.165) is 10.9 Å². The lowest BCUT2D eigenvalue weighted by atomic mass is 10.1. The van der Waals surface area contributed by atoms with Crippen molar-refractivity contribution in [1.82, 2.24) is 18.9 Å². The fourth-order valence-corrected chi connectivity index (χ4v) is 2.59. The molecule has 0 fully saturated rings. The zero-order chi connectivity index (χ0) is 15.1. The Bertz CT molecular complexity index is 831. The van der Waals surface area contributed by atoms with E-state index in [1.807, 2.05) is 13.8 Å². The Hall–Kier alpha value is -1.66. The van der Waals surface area contributed by atoms with Gasteiger partial charge in [0.15, 0.2) is 17.3 Å². The molecule has 0 aliphatic rings. The van der Waals surface area contributed by atoms with E-state index in [9.17, 15) is 4.39 Å². The van der Waals surface area contributed by atoms with Gasteiger partial charge in [-0.25, -0.2) is 19.3 Å². The summed E-state index contributed by atoms with van der Waals surface area (Å²) in [6.45, 7) is 3.77. The molecular formula is C14H12ClFN4S. The highest BCUT2D eigenvalue weighted by Gasteiger charge is 2.16. The van der Waals surface area contributed by atoms with Crippen LogP contribution in [0, 0.1) is 5.82 Å². The molecule has 0 atom stereocenters. The van der Waals surface area contributed by atoms with Crippen LogP contribution in [-0.4, -0.2) is 18.9 Å². The normalized spacial score (nSPS) is 11.5. The van der Waals surface area contributed by atoms with Crippen LogP contribution < -0.4 is 0 Å². The molecule has 0 N–H and O–H groups in total. The Labute approximate surface area is 131 Å². The number of nitrogens with zero attached hydrogens (tertiary/aromatic N) is 4. The molecule has 4 nitrogen and oxygen atoms in total. The second-order valence-corrected chi connectivity index (χ2v) is 5.86. The summed E-state index contributed by atoms with van der Waals surface area (Å²) in [5, 5.41) is 1.29. The number of aromatic nitrogens is 4. The maximum Gasteiger partial charge on any atom is 0.163 e. The Balaban J connectivity index is 2.25. The molecule has 3 aromatic heterocycles. The summed E-state index contributed by atoms with van der Waals surface area (Å²) in [6, 6.07) is 1.77. The standard InChI is InChI=1S/C14H12ClFN4S/c1-7(2)12-11(16)5-17-13(19-12)10-6-20(21)14-9(10)3-8(15)4-18-14/h3-7,21H,1-2H3. The number of hydrogen-bond donors (Lipinski definition) is 1. The maximum atomic E-state index is 13.7. The summed E-state index contributed by atoms with van der Waals surface area (Å²) >= 11 is 10.3. The minimum absolute atomic E-state index is 0.0298. The SMILES string of the molecule is CC(C)c1nc(-c2cn(S)c3ncc(Cl)cc23)ncc1F. The lowest BCUT2D eigenvalue weighted by Crippen LogP contribution is -2.01. The topological polar surface area (TPSA) is 43.6 Å². The molecule has 0 bridgehead atoms. The number of pyridine rings is 1. The second kappa shape index (κ2) is 5.27. The fraction of sp³-hybridized carbons (Fsp3) is 0.214. The Morgan fingerprint density at radius 1 is 1.29 bits per heavy atom. The van der Waals surface area contributed by atoms with Gasteiger partial charge < -0.3 is 0 Å². The van der Waals surface area contributed by atoms with Gasteiger partial charge in [0.25, 0.3) is 0 Å². The van der Waals surface area contributed by atoms with Crippen LogP contribution in [0.3, 0.4) is 0 Å². The minimum Gasteiger partial charge on any atom is -0.277 e. The van der Waals surface area contributed by atoms with Crippen LogP contribution >= 0.6 is 24.4 Å². The molecule has 0 amide bonds. The molecule has 0 aliphatic heterocycles. The van der Waals surface area contributed by atoms with Gasteiger partial charge >= 0.3 is 0 Å². The molecule has 0 unspecified atom stereocenters. The first-order valence-corrected chi connectivity index (χ1v) is 7.14. The smallest absolute Gasteiger partial charge is 0.163 e. The van der Waals surface area contributed by atoms with Crippen LogP contribution in [0.5, 0.6) is 0 Å². The first kappa shape index (κ1) is 14.3. The Morgan fingerprint density at radius 3 is 2.76 bits per heavy atom. The van der Waals surface area contributed by atoms with Crippen molar-refractivity contribution in [3.8, 4) is 11.4 Å². The van der Waals surface area contributed by atoms with Crippen LogP contribution in [0.4, 0.5) is 4.39 Å². The van der Waals surface area contributed by atoms with E-state index in [-0.39, 0.29) is 5.92 Å². The molecule has 0 saturated carbocycles. The van der Waals surface area contributed by atoms with Gasteiger partial charge in [-0.3, -0.25) is 3.97 Å². The van der Waals surface area contributed by atoms with Crippen molar-refractivity contribution in [2.24, 2.45) is 0 Å². The number of fused-ring (bicyclic) bond motifs is 1. The highest BCUT2D eigenvalue weighted by Crippen LogP contribution is 2.30. The third-order valence-electron chi connectivity index (χ3n) is 3.15. The Kier molecular flexibility index (Phi) is 3.59. The number of thiol groups is 1. The van der Waals surface area contributed by atoms with Crippen LogP contribution in [0.2, 0.25) is 5.02 Å². The van der Waals surface area contributed by atoms with Crippen molar-refractivity contribution < 1.29 is 4.39 Å². The van der Waals surface area contributed by atoms with Crippen molar-refractivity contribution in [3.63, 3.8) is 0 Å². The lowest BCUT2D eigenvalue weighted by molar-refractivity contribution is 0.577. The predicted octanol–water partition coefficient (Wildman–Crippen LogP) is 4.10. The molecule has 3 aromatic rings. The van der Waals surface area contributed by atoms with E-state index in [1.54, 1.807) is 22.4 Å². The highest BCUT2D eigenvalue weighted by atomic mass is 35.5. The van der Waals surface area contributed by atoms with Gasteiger partial charge in [-0.15, -0.1) is 0 Å². The van der Waals surface area contributed by atoms with Gasteiger partial charge in [0.2, 0.25) is 0 Å². The third-order valence-corrected chi connectivity index (χ3v) is 3.66. The molecule has 0 spiro atoms. The molecule has 0 radical (unpaired) electrons. The molecule has 3 rings (SSSR count). The molecule has 0 aromatic carbocycles. The summed E-state index contributed by atoms with van der Waals surface area (Å²) in [5.74, 6) is -0.000648. The van der Waals surface area contributed by atoms with Gasteiger partial charge in [-0.2, -0.15) is 0 Å². The summed E-state index contributed by atoms with van der Waals surface area (Å²) < 4.78 is 15.3. The van der Waals surface area contributed by atoms with E-state index in [1.165, 1.54) is 6.20 Å². The van der Waals surface area contributed by atoms with E-state index in [0.29, 0.717) is 22.2 Å². The van der Waals surface area contributed by atoms with Crippen molar-refractivity contribution in [2.75, 3.05) is 0 Å². The summed E-state index contributed by atoms with van der Waals surface area (Å²) in [4.78, 5) is 12.6. The van der Waals surface area contributed by atoms with Gasteiger partial charge in [0, 0.05) is 23.3 Å². The van der Waals surface area contributed by atoms with Crippen molar-refractivity contribution >= 4 is 35.4 Å². The maximum absolute atomic E-state index is 13.7. The fourth-order valence-electron chi connectivity index (χ4n) is 2.16. The quantitative estimate of drug-likeness (QED) is 0.722. The van der Waals surface area contributed by atoms with Crippen LogP contribution in [0.25, 0.3) is 22.4 Å². The zero-order valence-electron chi connectivity index (χ0n) is 11.4. The van der Waals surface area contributed by atoms with Crippen LogP contribution in [0.1, 0.15) is 25.5 Å². The molecule has 0 aliphatic carbocycles. The van der Waals surface area contributed by atoms with E-state index in [4.69, 9.17) is 11.6 Å². The molecular weight excluding hydrogens is 311 g/mol. The first-order valence-electron chi connectivity index (χ1n) is 6.36. The van der Waals surface area contributed by atoms with Crippen molar-refractivity contribution in [1.29, 1.82) is 0 Å². The van der Waals surface area contributed by atoms with Gasteiger partial charge in [-0.1, -0.05) is 38.3 Å². The predicted molar refractivity (Wildman–Crippen MR) is 84.2 cm³/mol. The summed E-state index contributed by atoms with van der Waals surface area (Å²) in [5.41, 5.74) is 1.75. The average molecular weight is 323 g/mol. The number of rotatable bonds is 2. The summed E-state index contributed by atoms with van der Waals surface area (Å²) in [7, 11) is 0. The minimum atomic E-state index is -0.403.